The molecule has 13 heteroatoms. The van der Waals surface area contributed by atoms with Crippen LogP contribution in [0.25, 0.3) is 32.0 Å². The quantitative estimate of drug-likeness (QED) is 0.172. The summed E-state index contributed by atoms with van der Waals surface area (Å²) in [6.45, 7) is 2.93. The fourth-order valence-corrected chi connectivity index (χ4v) is 9.92. The number of pyridine rings is 2. The van der Waals surface area contributed by atoms with E-state index in [0.717, 1.165) is 79.4 Å². The lowest BCUT2D eigenvalue weighted by Gasteiger charge is -2.18. The summed E-state index contributed by atoms with van der Waals surface area (Å²) in [5, 5.41) is 14.0. The molecule has 1 fully saturated rings. The number of carbonyl (C=O) groups excluding carboxylic acids is 1. The second-order valence-electron chi connectivity index (χ2n) is 13.8. The number of amides is 1. The van der Waals surface area contributed by atoms with Crippen molar-refractivity contribution in [3.05, 3.63) is 99.0 Å². The van der Waals surface area contributed by atoms with Gasteiger partial charge < -0.3 is 24.1 Å². The lowest BCUT2D eigenvalue weighted by atomic mass is 9.89. The van der Waals surface area contributed by atoms with Gasteiger partial charge in [-0.25, -0.2) is 9.37 Å². The van der Waals surface area contributed by atoms with E-state index in [0.29, 0.717) is 59.7 Å². The summed E-state index contributed by atoms with van der Waals surface area (Å²) in [4.78, 5) is 27.3. The van der Waals surface area contributed by atoms with Gasteiger partial charge in [-0.05, 0) is 67.0 Å². The van der Waals surface area contributed by atoms with Crippen LogP contribution in [0.1, 0.15) is 81.6 Å². The van der Waals surface area contributed by atoms with Crippen LogP contribution in [-0.4, -0.2) is 51.2 Å². The van der Waals surface area contributed by atoms with E-state index in [2.05, 4.69) is 21.6 Å². The van der Waals surface area contributed by atoms with Gasteiger partial charge in [0, 0.05) is 58.6 Å². The number of thiophene rings is 1. The number of methoxy groups -OCH3 is 1. The molecular formula is C39H32ClFN6O4S. The van der Waals surface area contributed by atoms with Crippen molar-refractivity contribution in [2.24, 2.45) is 0 Å². The highest BCUT2D eigenvalue weighted by Crippen LogP contribution is 2.51. The van der Waals surface area contributed by atoms with Crippen LogP contribution in [0.2, 0.25) is 5.02 Å². The molecule has 4 aliphatic rings. The van der Waals surface area contributed by atoms with Crippen molar-refractivity contribution in [2.45, 2.75) is 57.0 Å². The van der Waals surface area contributed by atoms with Crippen molar-refractivity contribution >= 4 is 44.7 Å². The van der Waals surface area contributed by atoms with E-state index in [1.807, 2.05) is 35.2 Å². The maximum atomic E-state index is 14.5. The third-order valence-electron chi connectivity index (χ3n) is 10.9. The minimum atomic E-state index is -0.356. The van der Waals surface area contributed by atoms with Crippen LogP contribution in [0.3, 0.4) is 0 Å². The SMILES string of the molecule is COc1c(F)ccc2c1CCC2Nc1nccc2cc(-c3c4c(nc(C[C@H]5COc6cc(Cl)ccc65)c3-c3nnc(C)o3)C3CCCN3C4=O)sc12. The molecule has 1 N–H and O–H groups in total. The normalized spacial score (nSPS) is 19.9. The molecule has 6 aromatic rings. The molecule has 0 radical (unpaired) electrons. The number of anilines is 1. The van der Waals surface area contributed by atoms with Gasteiger partial charge in [-0.2, -0.15) is 0 Å². The molecule has 10 nitrogen and oxygen atoms in total. The molecule has 52 heavy (non-hydrogen) atoms. The van der Waals surface area contributed by atoms with Gasteiger partial charge in [0.1, 0.15) is 11.6 Å². The summed E-state index contributed by atoms with van der Waals surface area (Å²) in [5.41, 5.74) is 6.58. The number of fused-ring (bicyclic) bond motifs is 6. The first kappa shape index (κ1) is 31.6. The Morgan fingerprint density at radius 1 is 1.10 bits per heavy atom. The number of hydrogen-bond acceptors (Lipinski definition) is 10. The summed E-state index contributed by atoms with van der Waals surface area (Å²) in [5.74, 6) is 2.18. The van der Waals surface area contributed by atoms with Crippen LogP contribution in [0.4, 0.5) is 10.2 Å². The van der Waals surface area contributed by atoms with E-state index in [-0.39, 0.29) is 29.7 Å². The number of aromatic nitrogens is 4. The fourth-order valence-electron chi connectivity index (χ4n) is 8.59. The third-order valence-corrected chi connectivity index (χ3v) is 12.3. The van der Waals surface area contributed by atoms with Crippen molar-refractivity contribution in [2.75, 3.05) is 25.6 Å². The summed E-state index contributed by atoms with van der Waals surface area (Å²) < 4.78 is 33.2. The molecule has 1 saturated heterocycles. The van der Waals surface area contributed by atoms with E-state index >= 15 is 0 Å². The fraction of sp³-hybridized carbons (Fsp3) is 0.308. The van der Waals surface area contributed by atoms with Gasteiger partial charge >= 0.3 is 0 Å². The van der Waals surface area contributed by atoms with E-state index in [1.54, 1.807) is 24.5 Å². The number of rotatable bonds is 7. The molecule has 2 aromatic carbocycles. The first-order chi connectivity index (χ1) is 25.4. The van der Waals surface area contributed by atoms with E-state index in [1.165, 1.54) is 13.2 Å². The monoisotopic (exact) mass is 734 g/mol. The Hall–Kier alpha value is -5.07. The molecule has 262 valence electrons. The maximum absolute atomic E-state index is 14.5. The number of nitrogens with zero attached hydrogens (tertiary/aromatic N) is 5. The zero-order valence-electron chi connectivity index (χ0n) is 28.3. The standard InChI is InChI=1S/C39H32ClFN6O4S/c1-18-45-46-38(51-18)31-27(14-20-17-50-29-16-21(40)5-6-22(20)29)43-34-28-4-3-13-47(28)39(48)33(34)32(31)30-15-19-11-12-42-37(36(19)52-30)44-26-10-8-24-23(26)7-9-25(41)35(24)49-2/h5-7,9,11-12,15-16,20,26,28H,3-4,8,10,13-14,17H2,1-2H3,(H,42,44)/t20-,26?,28?/m0/s1. The summed E-state index contributed by atoms with van der Waals surface area (Å²) >= 11 is 7.87. The Kier molecular flexibility index (Phi) is 7.30. The predicted octanol–water partition coefficient (Wildman–Crippen LogP) is 8.63. The Morgan fingerprint density at radius 2 is 1.98 bits per heavy atom. The number of aryl methyl sites for hydroxylation is 1. The second kappa shape index (κ2) is 12.0. The lowest BCUT2D eigenvalue weighted by Crippen LogP contribution is -2.22. The van der Waals surface area contributed by atoms with Crippen molar-refractivity contribution in [1.29, 1.82) is 0 Å². The number of halogens is 2. The highest BCUT2D eigenvalue weighted by molar-refractivity contribution is 7.23. The van der Waals surface area contributed by atoms with Crippen LogP contribution >= 0.6 is 22.9 Å². The minimum absolute atomic E-state index is 0.00835. The Labute approximate surface area is 307 Å². The van der Waals surface area contributed by atoms with Crippen LogP contribution in [0.15, 0.2) is 53.1 Å². The second-order valence-corrected chi connectivity index (χ2v) is 15.3. The highest BCUT2D eigenvalue weighted by atomic mass is 35.5. The van der Waals surface area contributed by atoms with E-state index < -0.39 is 0 Å². The Bertz CT molecular complexity index is 2470. The number of benzene rings is 2. The molecule has 0 saturated carbocycles. The Balaban J connectivity index is 1.14. The lowest BCUT2D eigenvalue weighted by molar-refractivity contribution is 0.0776. The van der Waals surface area contributed by atoms with E-state index in [4.69, 9.17) is 35.5 Å². The minimum Gasteiger partial charge on any atom is -0.493 e. The van der Waals surface area contributed by atoms with Crippen molar-refractivity contribution in [3.63, 3.8) is 0 Å². The molecule has 1 aliphatic carbocycles. The number of hydrogen-bond donors (Lipinski definition) is 1. The molecule has 10 rings (SSSR count). The van der Waals surface area contributed by atoms with Crippen molar-refractivity contribution in [1.82, 2.24) is 25.1 Å². The van der Waals surface area contributed by atoms with Gasteiger partial charge in [0.05, 0.1) is 53.0 Å². The molecule has 7 heterocycles. The van der Waals surface area contributed by atoms with Gasteiger partial charge in [-0.15, -0.1) is 21.5 Å². The van der Waals surface area contributed by atoms with Gasteiger partial charge in [0.2, 0.25) is 11.8 Å². The third kappa shape index (κ3) is 4.83. The molecule has 2 unspecified atom stereocenters. The molecule has 3 aliphatic heterocycles. The largest absolute Gasteiger partial charge is 0.493 e. The summed E-state index contributed by atoms with van der Waals surface area (Å²) in [6.07, 6.45) is 5.60. The molecule has 1 amide bonds. The number of nitrogens with one attached hydrogen (secondary N) is 1. The van der Waals surface area contributed by atoms with Crippen LogP contribution in [0.5, 0.6) is 11.5 Å². The van der Waals surface area contributed by atoms with Gasteiger partial charge in [0.15, 0.2) is 11.6 Å². The van der Waals surface area contributed by atoms with Crippen LogP contribution in [-0.2, 0) is 12.8 Å². The van der Waals surface area contributed by atoms with Crippen LogP contribution in [0, 0.1) is 12.7 Å². The highest BCUT2D eigenvalue weighted by Gasteiger charge is 2.45. The van der Waals surface area contributed by atoms with Crippen molar-refractivity contribution < 1.29 is 23.1 Å². The zero-order chi connectivity index (χ0) is 35.2. The summed E-state index contributed by atoms with van der Waals surface area (Å²) in [7, 11) is 1.51. The average Bonchev–Trinajstić information content (AvgIpc) is 3.99. The first-order valence-electron chi connectivity index (χ1n) is 17.5. The van der Waals surface area contributed by atoms with Crippen LogP contribution < -0.4 is 14.8 Å². The van der Waals surface area contributed by atoms with Gasteiger partial charge in [-0.1, -0.05) is 23.7 Å². The molecule has 0 spiro atoms. The van der Waals surface area contributed by atoms with Gasteiger partial charge in [-0.3, -0.25) is 9.78 Å². The van der Waals surface area contributed by atoms with Gasteiger partial charge in [0.25, 0.3) is 5.91 Å². The number of carbonyl (C=O) groups is 1. The molecule has 4 aromatic heterocycles. The maximum Gasteiger partial charge on any atom is 0.257 e. The smallest absolute Gasteiger partial charge is 0.257 e. The first-order valence-corrected chi connectivity index (χ1v) is 18.7. The molecule has 3 atom stereocenters. The number of ether oxygens (including phenoxy) is 2. The van der Waals surface area contributed by atoms with Crippen molar-refractivity contribution in [3.8, 4) is 33.4 Å². The summed E-state index contributed by atoms with van der Waals surface area (Å²) in [6, 6.07) is 13.0. The topological polar surface area (TPSA) is 116 Å². The molecular weight excluding hydrogens is 703 g/mol. The predicted molar refractivity (Wildman–Crippen MR) is 195 cm³/mol. The molecule has 0 bridgehead atoms. The zero-order valence-corrected chi connectivity index (χ0v) is 29.9. The Morgan fingerprint density at radius 3 is 2.83 bits per heavy atom. The van der Waals surface area contributed by atoms with E-state index in [9.17, 15) is 9.18 Å². The average molecular weight is 735 g/mol.